The molecule has 4 heteroatoms. The molecule has 1 aromatic rings. The van der Waals surface area contributed by atoms with E-state index in [1.165, 1.54) is 0 Å². The van der Waals surface area contributed by atoms with Gasteiger partial charge >= 0.3 is 5.97 Å². The molecule has 3 heterocycles. The summed E-state index contributed by atoms with van der Waals surface area (Å²) in [5.74, 6) is -0.608. The van der Waals surface area contributed by atoms with Crippen LogP contribution >= 0.6 is 0 Å². The van der Waals surface area contributed by atoms with E-state index in [-0.39, 0.29) is 0 Å². The van der Waals surface area contributed by atoms with E-state index in [1.807, 2.05) is 24.3 Å². The third kappa shape index (κ3) is 1.42. The second-order valence-corrected chi connectivity index (χ2v) is 3.98. The third-order valence-corrected chi connectivity index (χ3v) is 2.79. The fourth-order valence-corrected chi connectivity index (χ4v) is 1.89. The largest absolute Gasteiger partial charge is 0.399 e. The van der Waals surface area contributed by atoms with Crippen LogP contribution in [0.5, 0.6) is 0 Å². The summed E-state index contributed by atoms with van der Waals surface area (Å²) in [4.78, 5) is 0. The molecule has 3 aliphatic rings. The van der Waals surface area contributed by atoms with Gasteiger partial charge in [0, 0.05) is 17.2 Å². The fourth-order valence-electron chi connectivity index (χ4n) is 1.89. The Morgan fingerprint density at radius 1 is 1.00 bits per heavy atom. The van der Waals surface area contributed by atoms with Gasteiger partial charge in [-0.25, -0.2) is 0 Å². The maximum atomic E-state index is 5.63. The van der Waals surface area contributed by atoms with Crippen LogP contribution in [0.25, 0.3) is 0 Å². The van der Waals surface area contributed by atoms with Crippen molar-refractivity contribution in [3.8, 4) is 0 Å². The van der Waals surface area contributed by atoms with Gasteiger partial charge in [-0.1, -0.05) is 0 Å². The van der Waals surface area contributed by atoms with Crippen LogP contribution in [-0.2, 0) is 20.2 Å². The lowest BCUT2D eigenvalue weighted by atomic mass is 10.1. The molecule has 0 saturated carbocycles. The lowest BCUT2D eigenvalue weighted by molar-refractivity contribution is -0.460. The van der Waals surface area contributed by atoms with E-state index in [4.69, 9.17) is 19.9 Å². The minimum atomic E-state index is -0.984. The highest BCUT2D eigenvalue weighted by atomic mass is 16.9. The Hall–Kier alpha value is -1.10. The summed E-state index contributed by atoms with van der Waals surface area (Å²) in [5.41, 5.74) is 7.22. The molecule has 3 saturated heterocycles. The highest BCUT2D eigenvalue weighted by molar-refractivity contribution is 5.40. The van der Waals surface area contributed by atoms with Crippen molar-refractivity contribution < 1.29 is 14.2 Å². The van der Waals surface area contributed by atoms with Crippen LogP contribution in [0.3, 0.4) is 0 Å². The molecule has 80 valence electrons. The summed E-state index contributed by atoms with van der Waals surface area (Å²) < 4.78 is 16.8. The second-order valence-electron chi connectivity index (χ2n) is 3.98. The maximum Gasteiger partial charge on any atom is 0.312 e. The minimum absolute atomic E-state index is 0.376. The Morgan fingerprint density at radius 2 is 1.53 bits per heavy atom. The average molecular weight is 207 g/mol. The first-order valence-electron chi connectivity index (χ1n) is 5.06. The maximum absolute atomic E-state index is 5.63. The van der Waals surface area contributed by atoms with Gasteiger partial charge in [0.25, 0.3) is 0 Å². The summed E-state index contributed by atoms with van der Waals surface area (Å²) in [5, 5.41) is 0. The van der Waals surface area contributed by atoms with E-state index in [9.17, 15) is 0 Å². The zero-order valence-corrected chi connectivity index (χ0v) is 8.31. The van der Waals surface area contributed by atoms with E-state index < -0.39 is 5.97 Å². The molecule has 2 N–H and O–H groups in total. The van der Waals surface area contributed by atoms with Crippen LogP contribution in [0, 0.1) is 5.92 Å². The number of hydrogen-bond acceptors (Lipinski definition) is 4. The molecule has 2 bridgehead atoms. The predicted octanol–water partition coefficient (Wildman–Crippen LogP) is 1.07. The summed E-state index contributed by atoms with van der Waals surface area (Å²) in [6.07, 6.45) is 0. The van der Waals surface area contributed by atoms with Gasteiger partial charge < -0.3 is 19.9 Å². The van der Waals surface area contributed by atoms with Crippen molar-refractivity contribution >= 4 is 5.69 Å². The summed E-state index contributed by atoms with van der Waals surface area (Å²) >= 11 is 0. The minimum Gasteiger partial charge on any atom is -0.399 e. The number of nitrogen functional groups attached to an aromatic ring is 1. The summed E-state index contributed by atoms with van der Waals surface area (Å²) in [6.45, 7) is 2.10. The highest BCUT2D eigenvalue weighted by Gasteiger charge is 2.46. The third-order valence-electron chi connectivity index (χ3n) is 2.79. The van der Waals surface area contributed by atoms with E-state index in [0.717, 1.165) is 11.3 Å². The van der Waals surface area contributed by atoms with Crippen molar-refractivity contribution in [3.63, 3.8) is 0 Å². The standard InChI is InChI=1S/C11H13NO3/c12-10-3-1-9(2-4-10)11-13-5-8(6-14-11)7-15-11/h1-4,8H,5-7,12H2. The van der Waals surface area contributed by atoms with Crippen LogP contribution in [0.15, 0.2) is 24.3 Å². The zero-order chi connectivity index (χ0) is 10.3. The first-order valence-corrected chi connectivity index (χ1v) is 5.06. The second kappa shape index (κ2) is 3.20. The average Bonchev–Trinajstić information content (AvgIpc) is 2.32. The number of ether oxygens (including phenoxy) is 3. The normalized spacial score (nSPS) is 34.3. The molecule has 3 fully saturated rings. The van der Waals surface area contributed by atoms with Gasteiger partial charge in [0.2, 0.25) is 0 Å². The number of anilines is 1. The van der Waals surface area contributed by atoms with Gasteiger partial charge in [0.05, 0.1) is 19.8 Å². The van der Waals surface area contributed by atoms with E-state index in [2.05, 4.69) is 0 Å². The van der Waals surface area contributed by atoms with Gasteiger partial charge in [0.15, 0.2) is 0 Å². The monoisotopic (exact) mass is 207 g/mol. The first kappa shape index (κ1) is 9.15. The molecular weight excluding hydrogens is 194 g/mol. The molecule has 4 nitrogen and oxygen atoms in total. The highest BCUT2D eigenvalue weighted by Crippen LogP contribution is 2.38. The van der Waals surface area contributed by atoms with Crippen molar-refractivity contribution in [2.24, 2.45) is 5.92 Å². The zero-order valence-electron chi connectivity index (χ0n) is 8.31. The number of hydrogen-bond donors (Lipinski definition) is 1. The van der Waals surface area contributed by atoms with Gasteiger partial charge in [0.1, 0.15) is 0 Å². The molecule has 15 heavy (non-hydrogen) atoms. The van der Waals surface area contributed by atoms with Gasteiger partial charge in [-0.15, -0.1) is 0 Å². The van der Waals surface area contributed by atoms with Crippen LogP contribution in [0.1, 0.15) is 5.56 Å². The van der Waals surface area contributed by atoms with Crippen molar-refractivity contribution in [1.82, 2.24) is 0 Å². The first-order chi connectivity index (χ1) is 7.28. The topological polar surface area (TPSA) is 53.7 Å². The number of benzene rings is 1. The summed E-state index contributed by atoms with van der Waals surface area (Å²) in [7, 11) is 0. The van der Waals surface area contributed by atoms with E-state index in [1.54, 1.807) is 0 Å². The summed E-state index contributed by atoms with van der Waals surface area (Å²) in [6, 6.07) is 7.39. The Bertz CT molecular complexity index is 341. The molecule has 4 rings (SSSR count). The molecular formula is C11H13NO3. The van der Waals surface area contributed by atoms with Crippen LogP contribution in [0.2, 0.25) is 0 Å². The molecule has 1 aromatic carbocycles. The van der Waals surface area contributed by atoms with E-state index in [0.29, 0.717) is 25.7 Å². The Labute approximate surface area is 87.9 Å². The van der Waals surface area contributed by atoms with Crippen molar-refractivity contribution in [2.45, 2.75) is 5.97 Å². The van der Waals surface area contributed by atoms with Gasteiger partial charge in [-0.3, -0.25) is 0 Å². The molecule has 0 spiro atoms. The van der Waals surface area contributed by atoms with Crippen LogP contribution < -0.4 is 5.73 Å². The van der Waals surface area contributed by atoms with Crippen molar-refractivity contribution in [3.05, 3.63) is 29.8 Å². The Balaban J connectivity index is 1.94. The molecule has 0 radical (unpaired) electrons. The molecule has 0 unspecified atom stereocenters. The van der Waals surface area contributed by atoms with E-state index >= 15 is 0 Å². The van der Waals surface area contributed by atoms with Crippen LogP contribution in [-0.4, -0.2) is 19.8 Å². The van der Waals surface area contributed by atoms with Gasteiger partial charge in [-0.05, 0) is 24.3 Å². The Morgan fingerprint density at radius 3 is 2.07 bits per heavy atom. The molecule has 0 aliphatic carbocycles. The quantitative estimate of drug-likeness (QED) is 0.700. The molecule has 3 aliphatic heterocycles. The number of fused-ring (bicyclic) bond motifs is 3. The molecule has 0 atom stereocenters. The SMILES string of the molecule is Nc1ccc(C23OCC(CO2)CO3)cc1. The number of nitrogens with two attached hydrogens (primary N) is 1. The van der Waals surface area contributed by atoms with Crippen molar-refractivity contribution in [2.75, 3.05) is 25.6 Å². The fraction of sp³-hybridized carbons (Fsp3) is 0.455. The van der Waals surface area contributed by atoms with Crippen LogP contribution in [0.4, 0.5) is 5.69 Å². The number of rotatable bonds is 1. The molecule has 0 amide bonds. The van der Waals surface area contributed by atoms with Crippen molar-refractivity contribution in [1.29, 1.82) is 0 Å². The van der Waals surface area contributed by atoms with Gasteiger partial charge in [-0.2, -0.15) is 0 Å². The Kier molecular flexibility index (Phi) is 1.95. The smallest absolute Gasteiger partial charge is 0.312 e. The lowest BCUT2D eigenvalue weighted by Crippen LogP contribution is -2.51. The lowest BCUT2D eigenvalue weighted by Gasteiger charge is -2.45. The molecule has 0 aromatic heterocycles. The predicted molar refractivity (Wildman–Crippen MR) is 53.9 cm³/mol.